The lowest BCUT2D eigenvalue weighted by atomic mass is 9.93. The van der Waals surface area contributed by atoms with Crippen LogP contribution in [0.25, 0.3) is 5.70 Å². The molecule has 1 aromatic rings. The zero-order chi connectivity index (χ0) is 20.9. The molecule has 2 N–H and O–H groups in total. The van der Waals surface area contributed by atoms with Crippen LogP contribution in [-0.4, -0.2) is 41.5 Å². The lowest BCUT2D eigenvalue weighted by Crippen LogP contribution is -2.29. The van der Waals surface area contributed by atoms with Gasteiger partial charge in [-0.1, -0.05) is 42.5 Å². The highest BCUT2D eigenvalue weighted by Crippen LogP contribution is 2.35. The van der Waals surface area contributed by atoms with Gasteiger partial charge in [0.1, 0.15) is 15.8 Å². The van der Waals surface area contributed by atoms with E-state index in [2.05, 4.69) is 44.7 Å². The minimum Gasteiger partial charge on any atom is -0.285 e. The molecule has 0 aromatic heterocycles. The van der Waals surface area contributed by atoms with Gasteiger partial charge >= 0.3 is 0 Å². The molecule has 0 radical (unpaired) electrons. The van der Waals surface area contributed by atoms with Crippen LogP contribution in [0.3, 0.4) is 0 Å². The summed E-state index contributed by atoms with van der Waals surface area (Å²) in [7, 11) is -9.22. The molecule has 1 aliphatic carbocycles. The Hall–Kier alpha value is -2.14. The zero-order valence-electron chi connectivity index (χ0n) is 13.8. The molecule has 8 nitrogen and oxygen atoms in total. The van der Waals surface area contributed by atoms with Crippen LogP contribution in [0.4, 0.5) is 0 Å². The lowest BCUT2D eigenvalue weighted by molar-refractivity contribution is 0.465. The van der Waals surface area contributed by atoms with Gasteiger partial charge in [-0.05, 0) is 30.5 Å². The van der Waals surface area contributed by atoms with Crippen molar-refractivity contribution < 1.29 is 25.9 Å². The van der Waals surface area contributed by atoms with Crippen molar-refractivity contribution in [1.82, 2.24) is 0 Å². The molecular formula is C16H12N2O6S4. The van der Waals surface area contributed by atoms with E-state index in [-0.39, 0.29) is 17.0 Å². The van der Waals surface area contributed by atoms with Gasteiger partial charge in [0.05, 0.1) is 16.0 Å². The molecule has 0 fully saturated rings. The third-order valence-electron chi connectivity index (χ3n) is 3.73. The van der Waals surface area contributed by atoms with Gasteiger partial charge in [-0.15, -0.1) is 0 Å². The lowest BCUT2D eigenvalue weighted by Gasteiger charge is -2.23. The number of hydrogen-bond acceptors (Lipinski definition) is 8. The second-order valence-electron chi connectivity index (χ2n) is 5.39. The molecule has 28 heavy (non-hydrogen) atoms. The first kappa shape index (κ1) is 22.2. The summed E-state index contributed by atoms with van der Waals surface area (Å²) >= 11 is 9.25. The SMILES string of the molecule is O=S(=O)(O)c1ccccc1C(N=C=S)=C(N=C=S)C1C=CC=CC1S(=O)(=O)O. The van der Waals surface area contributed by atoms with E-state index in [0.717, 1.165) is 6.07 Å². The molecule has 0 bridgehead atoms. The second-order valence-corrected chi connectivity index (χ2v) is 8.72. The van der Waals surface area contributed by atoms with E-state index in [4.69, 9.17) is 0 Å². The van der Waals surface area contributed by atoms with Crippen molar-refractivity contribution in [2.24, 2.45) is 15.9 Å². The van der Waals surface area contributed by atoms with E-state index in [1.54, 1.807) is 0 Å². The number of isothiocyanates is 2. The van der Waals surface area contributed by atoms with Crippen molar-refractivity contribution >= 4 is 60.7 Å². The Balaban J connectivity index is 2.92. The molecule has 2 rings (SSSR count). The van der Waals surface area contributed by atoms with Crippen molar-refractivity contribution in [3.63, 3.8) is 0 Å². The van der Waals surface area contributed by atoms with Gasteiger partial charge in [-0.3, -0.25) is 9.11 Å². The molecule has 1 aliphatic rings. The fraction of sp³-hybridized carbons (Fsp3) is 0.125. The highest BCUT2D eigenvalue weighted by Gasteiger charge is 2.35. The van der Waals surface area contributed by atoms with Crippen LogP contribution in [0, 0.1) is 5.92 Å². The first-order valence-electron chi connectivity index (χ1n) is 7.39. The number of aliphatic imine (C=N–C) groups is 2. The first-order valence-corrected chi connectivity index (χ1v) is 11.2. The fourth-order valence-corrected chi connectivity index (χ4v) is 4.40. The van der Waals surface area contributed by atoms with Crippen molar-refractivity contribution in [2.75, 3.05) is 0 Å². The van der Waals surface area contributed by atoms with Crippen LogP contribution >= 0.6 is 24.4 Å². The number of nitrogens with zero attached hydrogens (tertiary/aromatic N) is 2. The van der Waals surface area contributed by atoms with E-state index < -0.39 is 36.3 Å². The molecule has 0 spiro atoms. The minimum atomic E-state index is -4.66. The standard InChI is InChI=1S/C16H12N2O6S4/c19-27(20,21)13-7-3-1-5-11(13)15(17-9-25)16(18-10-26)12-6-2-4-8-14(12)28(22,23)24/h1-8,11,13H,(H,19,20,21)(H,22,23,24). The largest absolute Gasteiger partial charge is 0.295 e. The van der Waals surface area contributed by atoms with Gasteiger partial charge < -0.3 is 0 Å². The Morgan fingerprint density at radius 1 is 0.964 bits per heavy atom. The van der Waals surface area contributed by atoms with Gasteiger partial charge in [-0.25, -0.2) is 0 Å². The quantitative estimate of drug-likeness (QED) is 0.379. The van der Waals surface area contributed by atoms with Gasteiger partial charge in [0.25, 0.3) is 20.2 Å². The number of hydrogen-bond donors (Lipinski definition) is 2. The van der Waals surface area contributed by atoms with Gasteiger partial charge in [-0.2, -0.15) is 26.8 Å². The third-order valence-corrected chi connectivity index (χ3v) is 5.96. The minimum absolute atomic E-state index is 0.108. The molecular weight excluding hydrogens is 444 g/mol. The maximum absolute atomic E-state index is 11.8. The molecule has 146 valence electrons. The predicted molar refractivity (Wildman–Crippen MR) is 110 cm³/mol. The summed E-state index contributed by atoms with van der Waals surface area (Å²) in [4.78, 5) is 7.19. The summed E-state index contributed by atoms with van der Waals surface area (Å²) in [6, 6.07) is 5.29. The highest BCUT2D eigenvalue weighted by atomic mass is 32.2. The number of benzene rings is 1. The van der Waals surface area contributed by atoms with Crippen LogP contribution in [0.2, 0.25) is 0 Å². The Kier molecular flexibility index (Phi) is 7.05. The van der Waals surface area contributed by atoms with Gasteiger partial charge in [0.2, 0.25) is 0 Å². The molecule has 12 heteroatoms. The van der Waals surface area contributed by atoms with E-state index in [1.807, 2.05) is 0 Å². The molecule has 0 aliphatic heterocycles. The Morgan fingerprint density at radius 2 is 1.57 bits per heavy atom. The van der Waals surface area contributed by atoms with Crippen molar-refractivity contribution in [3.8, 4) is 0 Å². The molecule has 2 unspecified atom stereocenters. The topological polar surface area (TPSA) is 133 Å². The maximum Gasteiger partial charge on any atom is 0.295 e. The Morgan fingerprint density at radius 3 is 2.14 bits per heavy atom. The maximum atomic E-state index is 11.8. The number of allylic oxidation sites excluding steroid dienone is 3. The van der Waals surface area contributed by atoms with Crippen LogP contribution in [-0.2, 0) is 20.2 Å². The fourth-order valence-electron chi connectivity index (χ4n) is 2.64. The van der Waals surface area contributed by atoms with Crippen LogP contribution in [0.1, 0.15) is 5.56 Å². The van der Waals surface area contributed by atoms with Gasteiger partial charge in [0, 0.05) is 11.5 Å². The molecule has 0 saturated carbocycles. The molecule has 0 amide bonds. The van der Waals surface area contributed by atoms with E-state index >= 15 is 0 Å². The molecule has 2 atom stereocenters. The summed E-state index contributed by atoms with van der Waals surface area (Å²) in [5.74, 6) is -1.09. The smallest absolute Gasteiger partial charge is 0.285 e. The first-order chi connectivity index (χ1) is 13.1. The average molecular weight is 457 g/mol. The third kappa shape index (κ3) is 5.02. The molecule has 1 aromatic carbocycles. The number of thiocarbonyl (C=S) groups is 2. The summed E-state index contributed by atoms with van der Waals surface area (Å²) in [5.41, 5.74) is -0.436. The van der Waals surface area contributed by atoms with Crippen LogP contribution in [0.5, 0.6) is 0 Å². The summed E-state index contributed by atoms with van der Waals surface area (Å²) in [5, 5.41) is 2.72. The Bertz CT molecular complexity index is 1190. The van der Waals surface area contributed by atoms with E-state index in [1.165, 1.54) is 42.5 Å². The highest BCUT2D eigenvalue weighted by molar-refractivity contribution is 7.86. The normalized spacial score (nSPS) is 19.9. The summed E-state index contributed by atoms with van der Waals surface area (Å²) < 4.78 is 66.2. The van der Waals surface area contributed by atoms with E-state index in [9.17, 15) is 25.9 Å². The summed E-state index contributed by atoms with van der Waals surface area (Å²) in [6.45, 7) is 0. The second kappa shape index (κ2) is 8.91. The van der Waals surface area contributed by atoms with Crippen LogP contribution in [0.15, 0.2) is 69.1 Å². The van der Waals surface area contributed by atoms with Crippen molar-refractivity contribution in [3.05, 3.63) is 59.8 Å². The predicted octanol–water partition coefficient (Wildman–Crippen LogP) is 2.81. The average Bonchev–Trinajstić information content (AvgIpc) is 2.63. The zero-order valence-corrected chi connectivity index (χ0v) is 17.1. The van der Waals surface area contributed by atoms with Gasteiger partial charge in [0.15, 0.2) is 0 Å². The monoisotopic (exact) mass is 456 g/mol. The van der Waals surface area contributed by atoms with Crippen molar-refractivity contribution in [1.29, 1.82) is 0 Å². The Labute approximate surface area is 172 Å². The van der Waals surface area contributed by atoms with E-state index in [0.29, 0.717) is 0 Å². The number of rotatable bonds is 6. The van der Waals surface area contributed by atoms with Crippen LogP contribution < -0.4 is 0 Å². The van der Waals surface area contributed by atoms with Crippen molar-refractivity contribution in [2.45, 2.75) is 10.1 Å². The molecule has 0 heterocycles. The summed E-state index contributed by atoms with van der Waals surface area (Å²) in [6.07, 6.45) is 5.58. The molecule has 0 saturated heterocycles.